The molecule has 3 heteroatoms. The van der Waals surface area contributed by atoms with E-state index in [1.807, 2.05) is 6.26 Å². The number of aryl methyl sites for hydroxylation is 1. The van der Waals surface area contributed by atoms with Gasteiger partial charge in [0.25, 0.3) is 0 Å². The second-order valence-electron chi connectivity index (χ2n) is 5.85. The SMILES string of the molecule is CCN(Cc1occc1C)C1CC2CCC(C1)N2. The summed E-state index contributed by atoms with van der Waals surface area (Å²) in [6, 6.07) is 4.33. The summed E-state index contributed by atoms with van der Waals surface area (Å²) in [5.74, 6) is 1.14. The van der Waals surface area contributed by atoms with Gasteiger partial charge in [0, 0.05) is 18.1 Å². The standard InChI is InChI=1S/C15H24N2O/c1-3-17(10-15-11(2)6-7-18-15)14-8-12-4-5-13(9-14)16-12/h6-7,12-14,16H,3-5,8-10H2,1-2H3. The highest BCUT2D eigenvalue weighted by molar-refractivity contribution is 5.14. The van der Waals surface area contributed by atoms with Gasteiger partial charge in [-0.3, -0.25) is 4.90 Å². The molecule has 100 valence electrons. The van der Waals surface area contributed by atoms with Crippen LogP contribution in [0.3, 0.4) is 0 Å². The van der Waals surface area contributed by atoms with Crippen molar-refractivity contribution in [2.24, 2.45) is 0 Å². The molecule has 3 heterocycles. The summed E-state index contributed by atoms with van der Waals surface area (Å²) >= 11 is 0. The lowest BCUT2D eigenvalue weighted by Gasteiger charge is -2.37. The van der Waals surface area contributed by atoms with Crippen molar-refractivity contribution in [3.63, 3.8) is 0 Å². The molecule has 2 unspecified atom stereocenters. The minimum Gasteiger partial charge on any atom is -0.468 e. The van der Waals surface area contributed by atoms with Crippen LogP contribution < -0.4 is 5.32 Å². The predicted molar refractivity (Wildman–Crippen MR) is 72.5 cm³/mol. The van der Waals surface area contributed by atoms with E-state index in [4.69, 9.17) is 4.42 Å². The normalized spacial score (nSPS) is 31.2. The molecule has 0 aromatic carbocycles. The van der Waals surface area contributed by atoms with Gasteiger partial charge in [0.15, 0.2) is 0 Å². The lowest BCUT2D eigenvalue weighted by molar-refractivity contribution is 0.131. The molecule has 0 spiro atoms. The number of nitrogens with zero attached hydrogens (tertiary/aromatic N) is 1. The summed E-state index contributed by atoms with van der Waals surface area (Å²) in [5.41, 5.74) is 1.28. The van der Waals surface area contributed by atoms with Crippen LogP contribution in [0.15, 0.2) is 16.7 Å². The zero-order chi connectivity index (χ0) is 12.5. The number of fused-ring (bicyclic) bond motifs is 2. The van der Waals surface area contributed by atoms with Crippen LogP contribution in [0.25, 0.3) is 0 Å². The molecule has 2 atom stereocenters. The summed E-state index contributed by atoms with van der Waals surface area (Å²) in [5, 5.41) is 3.72. The lowest BCUT2D eigenvalue weighted by atomic mass is 9.98. The molecule has 0 saturated carbocycles. The Balaban J connectivity index is 1.67. The van der Waals surface area contributed by atoms with E-state index >= 15 is 0 Å². The van der Waals surface area contributed by atoms with Gasteiger partial charge in [-0.25, -0.2) is 0 Å². The van der Waals surface area contributed by atoms with Gasteiger partial charge in [0.1, 0.15) is 5.76 Å². The van der Waals surface area contributed by atoms with E-state index in [0.717, 1.165) is 37.0 Å². The topological polar surface area (TPSA) is 28.4 Å². The molecular weight excluding hydrogens is 224 g/mol. The Hall–Kier alpha value is -0.800. The van der Waals surface area contributed by atoms with Crippen molar-refractivity contribution in [3.05, 3.63) is 23.7 Å². The van der Waals surface area contributed by atoms with Gasteiger partial charge in [-0.05, 0) is 50.8 Å². The highest BCUT2D eigenvalue weighted by Crippen LogP contribution is 2.30. The molecule has 0 amide bonds. The van der Waals surface area contributed by atoms with Crippen molar-refractivity contribution in [1.82, 2.24) is 10.2 Å². The zero-order valence-corrected chi connectivity index (χ0v) is 11.5. The molecule has 2 aliphatic rings. The molecule has 2 fully saturated rings. The quantitative estimate of drug-likeness (QED) is 0.888. The molecule has 2 saturated heterocycles. The molecule has 18 heavy (non-hydrogen) atoms. The largest absolute Gasteiger partial charge is 0.468 e. The zero-order valence-electron chi connectivity index (χ0n) is 11.5. The van der Waals surface area contributed by atoms with Crippen LogP contribution in [0, 0.1) is 6.92 Å². The third kappa shape index (κ3) is 2.34. The minimum absolute atomic E-state index is 0.734. The summed E-state index contributed by atoms with van der Waals surface area (Å²) in [6.45, 7) is 6.49. The average Bonchev–Trinajstić information content (AvgIpc) is 2.92. The van der Waals surface area contributed by atoms with Gasteiger partial charge in [-0.2, -0.15) is 0 Å². The fraction of sp³-hybridized carbons (Fsp3) is 0.733. The van der Waals surface area contributed by atoms with Crippen molar-refractivity contribution in [1.29, 1.82) is 0 Å². The highest BCUT2D eigenvalue weighted by Gasteiger charge is 2.35. The second kappa shape index (κ2) is 5.06. The number of furan rings is 1. The maximum atomic E-state index is 5.60. The van der Waals surface area contributed by atoms with Crippen molar-refractivity contribution < 1.29 is 4.42 Å². The van der Waals surface area contributed by atoms with E-state index < -0.39 is 0 Å². The summed E-state index contributed by atoms with van der Waals surface area (Å²) < 4.78 is 5.60. The first-order valence-electron chi connectivity index (χ1n) is 7.29. The number of hydrogen-bond acceptors (Lipinski definition) is 3. The first-order valence-corrected chi connectivity index (χ1v) is 7.29. The highest BCUT2D eigenvalue weighted by atomic mass is 16.3. The van der Waals surface area contributed by atoms with Crippen LogP contribution in [0.1, 0.15) is 43.9 Å². The van der Waals surface area contributed by atoms with Gasteiger partial charge in [-0.15, -0.1) is 0 Å². The van der Waals surface area contributed by atoms with Crippen LogP contribution in [-0.2, 0) is 6.54 Å². The van der Waals surface area contributed by atoms with Crippen LogP contribution in [0.4, 0.5) is 0 Å². The molecular formula is C15H24N2O. The van der Waals surface area contributed by atoms with E-state index in [2.05, 4.69) is 30.1 Å². The Labute approximate surface area is 110 Å². The first kappa shape index (κ1) is 12.2. The molecule has 3 nitrogen and oxygen atoms in total. The Morgan fingerprint density at radius 2 is 2.06 bits per heavy atom. The van der Waals surface area contributed by atoms with Crippen molar-refractivity contribution >= 4 is 0 Å². The Bertz CT molecular complexity index is 389. The molecule has 2 aliphatic heterocycles. The van der Waals surface area contributed by atoms with E-state index in [1.54, 1.807) is 0 Å². The lowest BCUT2D eigenvalue weighted by Crippen LogP contribution is -2.47. The molecule has 3 rings (SSSR count). The fourth-order valence-electron chi connectivity index (χ4n) is 3.58. The van der Waals surface area contributed by atoms with Crippen LogP contribution >= 0.6 is 0 Å². The number of nitrogens with one attached hydrogen (secondary N) is 1. The fourth-order valence-corrected chi connectivity index (χ4v) is 3.58. The molecule has 1 N–H and O–H groups in total. The van der Waals surface area contributed by atoms with E-state index in [0.29, 0.717) is 0 Å². The molecule has 2 bridgehead atoms. The van der Waals surface area contributed by atoms with Crippen LogP contribution in [-0.4, -0.2) is 29.6 Å². The second-order valence-corrected chi connectivity index (χ2v) is 5.85. The van der Waals surface area contributed by atoms with Crippen molar-refractivity contribution in [2.45, 2.75) is 64.2 Å². The number of hydrogen-bond donors (Lipinski definition) is 1. The molecule has 1 aromatic rings. The maximum absolute atomic E-state index is 5.60. The summed E-state index contributed by atoms with van der Waals surface area (Å²) in [6.07, 6.45) is 7.18. The Morgan fingerprint density at radius 3 is 2.61 bits per heavy atom. The number of rotatable bonds is 4. The Kier molecular flexibility index (Phi) is 3.44. The van der Waals surface area contributed by atoms with Gasteiger partial charge in [0.05, 0.1) is 12.8 Å². The summed E-state index contributed by atoms with van der Waals surface area (Å²) in [4.78, 5) is 2.60. The van der Waals surface area contributed by atoms with E-state index in [9.17, 15) is 0 Å². The number of piperidine rings is 1. The molecule has 1 aromatic heterocycles. The van der Waals surface area contributed by atoms with E-state index in [1.165, 1.54) is 31.2 Å². The third-order valence-electron chi connectivity index (χ3n) is 4.69. The smallest absolute Gasteiger partial charge is 0.120 e. The summed E-state index contributed by atoms with van der Waals surface area (Å²) in [7, 11) is 0. The minimum atomic E-state index is 0.734. The van der Waals surface area contributed by atoms with Crippen molar-refractivity contribution in [2.75, 3.05) is 6.54 Å². The predicted octanol–water partition coefficient (Wildman–Crippen LogP) is 2.69. The molecule has 0 aliphatic carbocycles. The average molecular weight is 248 g/mol. The van der Waals surface area contributed by atoms with Crippen LogP contribution in [0.5, 0.6) is 0 Å². The van der Waals surface area contributed by atoms with Gasteiger partial charge >= 0.3 is 0 Å². The van der Waals surface area contributed by atoms with E-state index in [-0.39, 0.29) is 0 Å². The Morgan fingerprint density at radius 1 is 1.33 bits per heavy atom. The van der Waals surface area contributed by atoms with Crippen LogP contribution in [0.2, 0.25) is 0 Å². The van der Waals surface area contributed by atoms with Gasteiger partial charge in [-0.1, -0.05) is 6.92 Å². The van der Waals surface area contributed by atoms with Crippen molar-refractivity contribution in [3.8, 4) is 0 Å². The maximum Gasteiger partial charge on any atom is 0.120 e. The third-order valence-corrected chi connectivity index (χ3v) is 4.69. The first-order chi connectivity index (χ1) is 8.76. The molecule has 0 radical (unpaired) electrons. The monoisotopic (exact) mass is 248 g/mol. The van der Waals surface area contributed by atoms with Gasteiger partial charge in [0.2, 0.25) is 0 Å². The van der Waals surface area contributed by atoms with Gasteiger partial charge < -0.3 is 9.73 Å².